The van der Waals surface area contributed by atoms with E-state index in [1.165, 1.54) is 12.1 Å². The molecule has 1 unspecified atom stereocenters. The Morgan fingerprint density at radius 1 is 1.36 bits per heavy atom. The fourth-order valence-corrected chi connectivity index (χ4v) is 3.28. The lowest BCUT2D eigenvalue weighted by atomic mass is 9.96. The van der Waals surface area contributed by atoms with Crippen molar-refractivity contribution >= 4 is 17.3 Å². The van der Waals surface area contributed by atoms with Crippen LogP contribution in [-0.4, -0.2) is 30.3 Å². The maximum absolute atomic E-state index is 13.4. The second kappa shape index (κ2) is 6.23. The highest BCUT2D eigenvalue weighted by Gasteiger charge is 2.46. The minimum atomic E-state index is -0.510. The Morgan fingerprint density at radius 2 is 2.28 bits per heavy atom. The van der Waals surface area contributed by atoms with E-state index in [2.05, 4.69) is 15.4 Å². The summed E-state index contributed by atoms with van der Waals surface area (Å²) in [7, 11) is 0. The first-order valence-corrected chi connectivity index (χ1v) is 8.20. The van der Waals surface area contributed by atoms with E-state index >= 15 is 0 Å². The van der Waals surface area contributed by atoms with Gasteiger partial charge < -0.3 is 19.5 Å². The number of halogens is 1. The molecule has 1 saturated heterocycles. The van der Waals surface area contributed by atoms with Crippen LogP contribution < -0.4 is 10.2 Å². The summed E-state index contributed by atoms with van der Waals surface area (Å²) in [4.78, 5) is 19.9. The Bertz CT molecular complexity index is 806. The number of oxime groups is 1. The zero-order valence-corrected chi connectivity index (χ0v) is 13.6. The molecule has 4 rings (SSSR count). The van der Waals surface area contributed by atoms with Crippen LogP contribution >= 0.6 is 0 Å². The zero-order chi connectivity index (χ0) is 17.3. The third-order valence-corrected chi connectivity index (χ3v) is 4.59. The highest BCUT2D eigenvalue weighted by Crippen LogP contribution is 2.36. The molecule has 6 nitrogen and oxygen atoms in total. The van der Waals surface area contributed by atoms with Gasteiger partial charge >= 0.3 is 0 Å². The van der Waals surface area contributed by atoms with Gasteiger partial charge in [0, 0.05) is 25.1 Å². The van der Waals surface area contributed by atoms with Crippen molar-refractivity contribution in [3.63, 3.8) is 0 Å². The average molecular weight is 343 g/mol. The van der Waals surface area contributed by atoms with E-state index in [4.69, 9.17) is 9.25 Å². The van der Waals surface area contributed by atoms with E-state index in [0.29, 0.717) is 31.0 Å². The second-order valence-corrected chi connectivity index (χ2v) is 6.40. The minimum Gasteiger partial charge on any atom is -0.467 e. The monoisotopic (exact) mass is 343 g/mol. The van der Waals surface area contributed by atoms with Gasteiger partial charge in [0.25, 0.3) is 5.91 Å². The molecule has 0 bridgehead atoms. The Kier molecular flexibility index (Phi) is 3.91. The van der Waals surface area contributed by atoms with Crippen LogP contribution in [0.4, 0.5) is 10.1 Å². The largest absolute Gasteiger partial charge is 0.467 e. The fraction of sp³-hybridized carbons (Fsp3) is 0.333. The third-order valence-electron chi connectivity index (χ3n) is 4.59. The fourth-order valence-electron chi connectivity index (χ4n) is 3.28. The number of rotatable bonds is 4. The highest BCUT2D eigenvalue weighted by molar-refractivity contribution is 6.39. The van der Waals surface area contributed by atoms with Crippen LogP contribution in [0.5, 0.6) is 0 Å². The Morgan fingerprint density at radius 3 is 3.08 bits per heavy atom. The van der Waals surface area contributed by atoms with Crippen molar-refractivity contribution in [1.82, 2.24) is 5.32 Å². The summed E-state index contributed by atoms with van der Waals surface area (Å²) >= 11 is 0. The number of amides is 1. The molecule has 2 aliphatic rings. The van der Waals surface area contributed by atoms with Crippen molar-refractivity contribution in [3.05, 3.63) is 54.2 Å². The van der Waals surface area contributed by atoms with Gasteiger partial charge in [-0.15, -0.1) is 0 Å². The van der Waals surface area contributed by atoms with Crippen LogP contribution in [0.2, 0.25) is 0 Å². The molecular weight excluding hydrogens is 325 g/mol. The summed E-state index contributed by atoms with van der Waals surface area (Å²) < 4.78 is 18.6. The molecule has 1 amide bonds. The normalized spacial score (nSPS) is 22.1. The molecule has 1 fully saturated rings. The van der Waals surface area contributed by atoms with Crippen LogP contribution in [0.15, 0.2) is 52.2 Å². The number of nitrogens with one attached hydrogen (secondary N) is 1. The van der Waals surface area contributed by atoms with Gasteiger partial charge in [0.15, 0.2) is 5.60 Å². The van der Waals surface area contributed by atoms with Gasteiger partial charge in [0.1, 0.15) is 17.3 Å². The van der Waals surface area contributed by atoms with E-state index in [-0.39, 0.29) is 11.7 Å². The Hall–Kier alpha value is -2.83. The number of anilines is 1. The molecule has 0 radical (unpaired) electrons. The first-order valence-electron chi connectivity index (χ1n) is 8.20. The molecule has 1 aromatic carbocycles. The highest BCUT2D eigenvalue weighted by atomic mass is 19.1. The first kappa shape index (κ1) is 15.7. The van der Waals surface area contributed by atoms with Crippen molar-refractivity contribution in [2.45, 2.75) is 25.0 Å². The summed E-state index contributed by atoms with van der Waals surface area (Å²) in [6.07, 6.45) is 2.75. The van der Waals surface area contributed by atoms with Crippen LogP contribution in [0.25, 0.3) is 0 Å². The van der Waals surface area contributed by atoms with E-state index in [9.17, 15) is 9.18 Å². The van der Waals surface area contributed by atoms with Crippen molar-refractivity contribution in [2.24, 2.45) is 5.16 Å². The average Bonchev–Trinajstić information content (AvgIpc) is 3.35. The molecule has 1 spiro atoms. The zero-order valence-electron chi connectivity index (χ0n) is 13.6. The summed E-state index contributed by atoms with van der Waals surface area (Å²) in [5, 5.41) is 6.77. The molecule has 1 atom stereocenters. The molecule has 130 valence electrons. The number of hydrogen-bond acceptors (Lipinski definition) is 5. The predicted molar refractivity (Wildman–Crippen MR) is 89.7 cm³/mol. The molecule has 3 heterocycles. The molecule has 0 saturated carbocycles. The SMILES string of the molecule is O=C(NCc1ccco1)C1=NOC2(CCN(c3cccc(F)c3)C2)C1. The van der Waals surface area contributed by atoms with Crippen LogP contribution in [0.3, 0.4) is 0 Å². The molecule has 1 aromatic heterocycles. The number of furan rings is 1. The number of benzene rings is 1. The number of nitrogens with zero attached hydrogens (tertiary/aromatic N) is 2. The van der Waals surface area contributed by atoms with Crippen molar-refractivity contribution in [1.29, 1.82) is 0 Å². The summed E-state index contributed by atoms with van der Waals surface area (Å²) in [5.41, 5.74) is 0.688. The van der Waals surface area contributed by atoms with Gasteiger partial charge in [-0.3, -0.25) is 4.79 Å². The molecule has 7 heteroatoms. The van der Waals surface area contributed by atoms with E-state index in [1.54, 1.807) is 24.5 Å². The maximum Gasteiger partial charge on any atom is 0.269 e. The number of carbonyl (C=O) groups excluding carboxylic acids is 1. The van der Waals surface area contributed by atoms with Crippen molar-refractivity contribution in [3.8, 4) is 0 Å². The summed E-state index contributed by atoms with van der Waals surface area (Å²) in [5.74, 6) is 0.165. The maximum atomic E-state index is 13.4. The standard InChI is InChI=1S/C18H18FN3O3/c19-13-3-1-4-14(9-13)22-7-6-18(12-22)10-16(21-25-18)17(23)20-11-15-5-2-8-24-15/h1-5,8-9H,6-7,10-12H2,(H,20,23). The quantitative estimate of drug-likeness (QED) is 0.926. The van der Waals surface area contributed by atoms with Crippen molar-refractivity contribution < 1.29 is 18.4 Å². The van der Waals surface area contributed by atoms with Crippen LogP contribution in [-0.2, 0) is 16.2 Å². The van der Waals surface area contributed by atoms with E-state index in [1.807, 2.05) is 6.07 Å². The van der Waals surface area contributed by atoms with Gasteiger partial charge in [-0.05, 0) is 30.3 Å². The van der Waals surface area contributed by atoms with Gasteiger partial charge in [0.2, 0.25) is 0 Å². The van der Waals surface area contributed by atoms with E-state index in [0.717, 1.165) is 18.7 Å². The molecule has 1 N–H and O–H groups in total. The molecular formula is C18H18FN3O3. The van der Waals surface area contributed by atoms with Crippen LogP contribution in [0, 0.1) is 5.82 Å². The Labute approximate surface area is 144 Å². The van der Waals surface area contributed by atoms with Crippen LogP contribution in [0.1, 0.15) is 18.6 Å². The van der Waals surface area contributed by atoms with Gasteiger partial charge in [0.05, 0.1) is 19.4 Å². The second-order valence-electron chi connectivity index (χ2n) is 6.40. The smallest absolute Gasteiger partial charge is 0.269 e. The van der Waals surface area contributed by atoms with Gasteiger partial charge in [-0.2, -0.15) is 0 Å². The topological polar surface area (TPSA) is 67.1 Å². The minimum absolute atomic E-state index is 0.252. The first-order chi connectivity index (χ1) is 12.1. The van der Waals surface area contributed by atoms with Gasteiger partial charge in [-0.25, -0.2) is 4.39 Å². The lowest BCUT2D eigenvalue weighted by molar-refractivity contribution is -0.115. The lowest BCUT2D eigenvalue weighted by Crippen LogP contribution is -2.36. The number of carbonyl (C=O) groups is 1. The van der Waals surface area contributed by atoms with Gasteiger partial charge in [-0.1, -0.05) is 11.2 Å². The summed E-state index contributed by atoms with van der Waals surface area (Å²) in [6, 6.07) is 10.1. The molecule has 0 aliphatic carbocycles. The Balaban J connectivity index is 1.36. The molecule has 2 aliphatic heterocycles. The summed E-state index contributed by atoms with van der Waals surface area (Å²) in [6.45, 7) is 1.63. The van der Waals surface area contributed by atoms with Crippen molar-refractivity contribution in [2.75, 3.05) is 18.0 Å². The number of hydrogen-bond donors (Lipinski definition) is 1. The predicted octanol–water partition coefficient (Wildman–Crippen LogP) is 2.46. The molecule has 2 aromatic rings. The van der Waals surface area contributed by atoms with E-state index < -0.39 is 5.60 Å². The third kappa shape index (κ3) is 3.22. The molecule has 25 heavy (non-hydrogen) atoms. The lowest BCUT2D eigenvalue weighted by Gasteiger charge is -2.22.